The molecule has 2 rings (SSSR count). The standard InChI is InChI=1S/C11H9Cl2IN4O/c1-2-19-11-17-9(13)16-10(18-11)15-8-5-6(14)3-4-7(8)12/h3-5H,2H2,1H3,(H,15,16,17,18). The zero-order valence-electron chi connectivity index (χ0n) is 9.82. The van der Waals surface area contributed by atoms with Crippen LogP contribution in [0.15, 0.2) is 18.2 Å². The van der Waals surface area contributed by atoms with Crippen molar-refractivity contribution in [3.8, 4) is 6.01 Å². The molecule has 1 aromatic carbocycles. The zero-order chi connectivity index (χ0) is 13.8. The summed E-state index contributed by atoms with van der Waals surface area (Å²) in [6.45, 7) is 2.28. The molecular formula is C11H9Cl2IN4O. The van der Waals surface area contributed by atoms with Gasteiger partial charge in [-0.05, 0) is 59.3 Å². The van der Waals surface area contributed by atoms with Crippen LogP contribution in [-0.2, 0) is 0 Å². The molecule has 19 heavy (non-hydrogen) atoms. The Morgan fingerprint density at radius 2 is 2.05 bits per heavy atom. The van der Waals surface area contributed by atoms with Gasteiger partial charge >= 0.3 is 6.01 Å². The van der Waals surface area contributed by atoms with Crippen molar-refractivity contribution in [2.24, 2.45) is 0 Å². The van der Waals surface area contributed by atoms with Crippen molar-refractivity contribution in [3.05, 3.63) is 32.1 Å². The Hall–Kier alpha value is -0.860. The van der Waals surface area contributed by atoms with Gasteiger partial charge < -0.3 is 10.1 Å². The van der Waals surface area contributed by atoms with Crippen LogP contribution < -0.4 is 10.1 Å². The first-order valence-corrected chi connectivity index (χ1v) is 7.18. The van der Waals surface area contributed by atoms with Gasteiger partial charge in [0.25, 0.3) is 0 Å². The van der Waals surface area contributed by atoms with Crippen LogP contribution in [0.4, 0.5) is 11.6 Å². The second-order valence-corrected chi connectivity index (χ2v) is 5.38. The van der Waals surface area contributed by atoms with E-state index in [0.717, 1.165) is 3.57 Å². The second-order valence-electron chi connectivity index (χ2n) is 3.39. The molecule has 8 heteroatoms. The highest BCUT2D eigenvalue weighted by molar-refractivity contribution is 14.1. The molecule has 0 aliphatic heterocycles. The van der Waals surface area contributed by atoms with Gasteiger partial charge in [0.15, 0.2) is 0 Å². The van der Waals surface area contributed by atoms with Gasteiger partial charge in [-0.3, -0.25) is 0 Å². The molecule has 2 aromatic rings. The van der Waals surface area contributed by atoms with Crippen LogP contribution in [-0.4, -0.2) is 21.6 Å². The average Bonchev–Trinajstić information content (AvgIpc) is 2.33. The maximum Gasteiger partial charge on any atom is 0.322 e. The van der Waals surface area contributed by atoms with Crippen LogP contribution in [0, 0.1) is 3.57 Å². The molecule has 0 aliphatic carbocycles. The largest absolute Gasteiger partial charge is 0.464 e. The van der Waals surface area contributed by atoms with E-state index in [1.807, 2.05) is 19.1 Å². The van der Waals surface area contributed by atoms with Crippen molar-refractivity contribution < 1.29 is 4.74 Å². The summed E-state index contributed by atoms with van der Waals surface area (Å²) in [5.41, 5.74) is 0.693. The van der Waals surface area contributed by atoms with Gasteiger partial charge in [-0.1, -0.05) is 11.6 Å². The number of nitrogens with zero attached hydrogens (tertiary/aromatic N) is 3. The number of aromatic nitrogens is 3. The smallest absolute Gasteiger partial charge is 0.322 e. The Bertz CT molecular complexity index is 597. The lowest BCUT2D eigenvalue weighted by Crippen LogP contribution is -2.04. The number of nitrogens with one attached hydrogen (secondary N) is 1. The lowest BCUT2D eigenvalue weighted by molar-refractivity contribution is 0.312. The van der Waals surface area contributed by atoms with Crippen LogP contribution in [0.1, 0.15) is 6.92 Å². The van der Waals surface area contributed by atoms with Gasteiger partial charge in [-0.2, -0.15) is 15.0 Å². The SMILES string of the molecule is CCOc1nc(Cl)nc(Nc2cc(I)ccc2Cl)n1. The lowest BCUT2D eigenvalue weighted by Gasteiger charge is -2.08. The number of hydrogen-bond donors (Lipinski definition) is 1. The van der Waals surface area contributed by atoms with Crippen molar-refractivity contribution in [2.75, 3.05) is 11.9 Å². The van der Waals surface area contributed by atoms with Gasteiger partial charge in [0.2, 0.25) is 11.2 Å². The monoisotopic (exact) mass is 410 g/mol. The lowest BCUT2D eigenvalue weighted by atomic mass is 10.3. The number of ether oxygens (including phenoxy) is 1. The van der Waals surface area contributed by atoms with Crippen LogP contribution in [0.5, 0.6) is 6.01 Å². The fraction of sp³-hybridized carbons (Fsp3) is 0.182. The van der Waals surface area contributed by atoms with E-state index in [9.17, 15) is 0 Å². The van der Waals surface area contributed by atoms with E-state index < -0.39 is 0 Å². The second kappa shape index (κ2) is 6.53. The van der Waals surface area contributed by atoms with Crippen molar-refractivity contribution in [1.29, 1.82) is 0 Å². The summed E-state index contributed by atoms with van der Waals surface area (Å²) in [6, 6.07) is 5.74. The molecule has 0 atom stereocenters. The summed E-state index contributed by atoms with van der Waals surface area (Å²) < 4.78 is 6.23. The molecule has 0 radical (unpaired) electrons. The van der Waals surface area contributed by atoms with E-state index in [2.05, 4.69) is 42.9 Å². The normalized spacial score (nSPS) is 10.3. The van der Waals surface area contributed by atoms with E-state index in [1.54, 1.807) is 6.07 Å². The molecule has 0 spiro atoms. The van der Waals surface area contributed by atoms with Gasteiger partial charge in [0.1, 0.15) is 0 Å². The Balaban J connectivity index is 2.29. The minimum atomic E-state index is 0.0581. The minimum Gasteiger partial charge on any atom is -0.464 e. The molecule has 0 fully saturated rings. The average molecular weight is 411 g/mol. The predicted molar refractivity (Wildman–Crippen MR) is 83.5 cm³/mol. The fourth-order valence-corrected chi connectivity index (χ4v) is 2.10. The first-order valence-electron chi connectivity index (χ1n) is 5.35. The number of hydrogen-bond acceptors (Lipinski definition) is 5. The molecule has 100 valence electrons. The number of halogens is 3. The third kappa shape index (κ3) is 4.05. The first kappa shape index (κ1) is 14.5. The first-order chi connectivity index (χ1) is 9.08. The Morgan fingerprint density at radius 1 is 1.26 bits per heavy atom. The highest BCUT2D eigenvalue weighted by Gasteiger charge is 2.08. The highest BCUT2D eigenvalue weighted by Crippen LogP contribution is 2.26. The fourth-order valence-electron chi connectivity index (χ4n) is 1.30. The number of rotatable bonds is 4. The van der Waals surface area contributed by atoms with Crippen molar-refractivity contribution in [1.82, 2.24) is 15.0 Å². The molecule has 0 aliphatic rings. The third-order valence-corrected chi connectivity index (χ3v) is 3.21. The Labute approximate surface area is 133 Å². The summed E-state index contributed by atoms with van der Waals surface area (Å²) in [7, 11) is 0. The Morgan fingerprint density at radius 3 is 2.79 bits per heavy atom. The molecule has 5 nitrogen and oxygen atoms in total. The molecule has 1 N–H and O–H groups in total. The van der Waals surface area contributed by atoms with Crippen LogP contribution in [0.3, 0.4) is 0 Å². The Kier molecular flexibility index (Phi) is 5.00. The van der Waals surface area contributed by atoms with Crippen LogP contribution in [0.25, 0.3) is 0 Å². The summed E-state index contributed by atoms with van der Waals surface area (Å²) in [6.07, 6.45) is 0. The van der Waals surface area contributed by atoms with Crippen molar-refractivity contribution in [2.45, 2.75) is 6.92 Å². The van der Waals surface area contributed by atoms with Crippen molar-refractivity contribution >= 4 is 57.4 Å². The van der Waals surface area contributed by atoms with Crippen LogP contribution >= 0.6 is 45.8 Å². The highest BCUT2D eigenvalue weighted by atomic mass is 127. The van der Waals surface area contributed by atoms with Gasteiger partial charge in [0, 0.05) is 3.57 Å². The topological polar surface area (TPSA) is 59.9 Å². The third-order valence-electron chi connectivity index (χ3n) is 2.04. The quantitative estimate of drug-likeness (QED) is 0.774. The summed E-state index contributed by atoms with van der Waals surface area (Å²) >= 11 is 14.1. The van der Waals surface area contributed by atoms with Crippen molar-refractivity contribution in [3.63, 3.8) is 0 Å². The van der Waals surface area contributed by atoms with E-state index in [-0.39, 0.29) is 17.2 Å². The molecule has 0 saturated heterocycles. The van der Waals surface area contributed by atoms with Crippen LogP contribution in [0.2, 0.25) is 10.3 Å². The molecular weight excluding hydrogens is 402 g/mol. The predicted octanol–water partition coefficient (Wildman–Crippen LogP) is 3.93. The molecule has 0 unspecified atom stereocenters. The van der Waals surface area contributed by atoms with Gasteiger partial charge in [-0.25, -0.2) is 0 Å². The summed E-state index contributed by atoms with van der Waals surface area (Å²) in [5, 5.41) is 3.61. The maximum absolute atomic E-state index is 6.09. The van der Waals surface area contributed by atoms with Gasteiger partial charge in [-0.15, -0.1) is 0 Å². The summed E-state index contributed by atoms with van der Waals surface area (Å²) in [5.74, 6) is 0.285. The molecule has 1 aromatic heterocycles. The number of benzene rings is 1. The molecule has 1 heterocycles. The molecule has 0 amide bonds. The van der Waals surface area contributed by atoms with E-state index in [4.69, 9.17) is 27.9 Å². The minimum absolute atomic E-state index is 0.0581. The number of anilines is 2. The maximum atomic E-state index is 6.09. The van der Waals surface area contributed by atoms with E-state index >= 15 is 0 Å². The van der Waals surface area contributed by atoms with E-state index in [1.165, 1.54) is 0 Å². The molecule has 0 bridgehead atoms. The van der Waals surface area contributed by atoms with E-state index in [0.29, 0.717) is 17.3 Å². The molecule has 0 saturated carbocycles. The van der Waals surface area contributed by atoms with Gasteiger partial charge in [0.05, 0.1) is 17.3 Å². The summed E-state index contributed by atoms with van der Waals surface area (Å²) in [4.78, 5) is 11.9. The zero-order valence-corrected chi connectivity index (χ0v) is 13.5.